The van der Waals surface area contributed by atoms with Crippen LogP contribution >= 0.6 is 11.3 Å². The first-order chi connectivity index (χ1) is 11.6. The van der Waals surface area contributed by atoms with E-state index in [9.17, 15) is 14.7 Å². The van der Waals surface area contributed by atoms with E-state index in [1.54, 1.807) is 13.2 Å². The first-order valence-electron chi connectivity index (χ1n) is 7.82. The number of anilines is 1. The summed E-state index contributed by atoms with van der Waals surface area (Å²) in [6, 6.07) is 9.47. The number of amides is 2. The molecule has 1 aromatic carbocycles. The van der Waals surface area contributed by atoms with Crippen LogP contribution in [0.4, 0.5) is 9.93 Å². The Morgan fingerprint density at radius 2 is 2.12 bits per heavy atom. The molecule has 0 saturated carbocycles. The minimum Gasteiger partial charge on any atom is -0.465 e. The van der Waals surface area contributed by atoms with E-state index in [-0.39, 0.29) is 5.91 Å². The van der Waals surface area contributed by atoms with Crippen molar-refractivity contribution in [2.24, 2.45) is 0 Å². The van der Waals surface area contributed by atoms with Gasteiger partial charge in [-0.1, -0.05) is 30.3 Å². The number of carboxylic acid groups (broad SMARTS) is 1. The van der Waals surface area contributed by atoms with Gasteiger partial charge in [0.2, 0.25) is 0 Å². The monoisotopic (exact) mass is 345 g/mol. The molecule has 2 amide bonds. The van der Waals surface area contributed by atoms with Crippen LogP contribution < -0.4 is 4.90 Å². The first-order valence-corrected chi connectivity index (χ1v) is 8.63. The number of aromatic nitrogens is 1. The van der Waals surface area contributed by atoms with Gasteiger partial charge in [0.05, 0.1) is 0 Å². The predicted molar refractivity (Wildman–Crippen MR) is 92.5 cm³/mol. The van der Waals surface area contributed by atoms with Crippen LogP contribution in [0.1, 0.15) is 23.3 Å². The molecule has 126 valence electrons. The maximum Gasteiger partial charge on any atom is 0.407 e. The van der Waals surface area contributed by atoms with Gasteiger partial charge in [-0.15, -0.1) is 11.3 Å². The Hall–Kier alpha value is -2.41. The van der Waals surface area contributed by atoms with Crippen LogP contribution in [-0.4, -0.2) is 46.6 Å². The van der Waals surface area contributed by atoms with Crippen LogP contribution in [0.2, 0.25) is 0 Å². The zero-order valence-corrected chi connectivity index (χ0v) is 14.2. The maximum atomic E-state index is 12.6. The number of likely N-dealkylation sites (tertiary alicyclic amines) is 1. The molecule has 1 aliphatic rings. The number of nitrogens with zero attached hydrogens (tertiary/aromatic N) is 3. The average molecular weight is 345 g/mol. The van der Waals surface area contributed by atoms with Gasteiger partial charge in [-0.3, -0.25) is 14.6 Å². The lowest BCUT2D eigenvalue weighted by molar-refractivity contribution is -0.122. The minimum atomic E-state index is -1.04. The summed E-state index contributed by atoms with van der Waals surface area (Å²) >= 11 is 1.46. The molecule has 1 aliphatic heterocycles. The molecule has 2 aromatic rings. The molecule has 0 radical (unpaired) electrons. The summed E-state index contributed by atoms with van der Waals surface area (Å²) in [5.41, 5.74) is 1.19. The molecule has 3 rings (SSSR count). The molecule has 0 unspecified atom stereocenters. The van der Waals surface area contributed by atoms with Crippen LogP contribution in [0, 0.1) is 0 Å². The molecule has 7 heteroatoms. The third-order valence-electron chi connectivity index (χ3n) is 4.16. The van der Waals surface area contributed by atoms with Crippen LogP contribution in [0.5, 0.6) is 0 Å². The number of hydrogen-bond donors (Lipinski definition) is 1. The van der Waals surface area contributed by atoms with E-state index in [0.717, 1.165) is 11.3 Å². The molecule has 1 fully saturated rings. The fraction of sp³-hybridized carbons (Fsp3) is 0.353. The van der Waals surface area contributed by atoms with Crippen molar-refractivity contribution >= 4 is 28.5 Å². The number of benzene rings is 1. The zero-order chi connectivity index (χ0) is 17.1. The highest BCUT2D eigenvalue weighted by Crippen LogP contribution is 2.27. The number of carbonyl (C=O) groups is 2. The summed E-state index contributed by atoms with van der Waals surface area (Å²) in [7, 11) is 1.66. The van der Waals surface area contributed by atoms with Crippen molar-refractivity contribution in [2.75, 3.05) is 18.5 Å². The number of thiazole rings is 1. The largest absolute Gasteiger partial charge is 0.465 e. The van der Waals surface area contributed by atoms with E-state index < -0.39 is 12.1 Å². The van der Waals surface area contributed by atoms with Gasteiger partial charge >= 0.3 is 6.09 Å². The van der Waals surface area contributed by atoms with E-state index in [1.165, 1.54) is 26.7 Å². The van der Waals surface area contributed by atoms with E-state index >= 15 is 0 Å². The molecular weight excluding hydrogens is 326 g/mol. The third-order valence-corrected chi connectivity index (χ3v) is 5.24. The second-order valence-corrected chi connectivity index (χ2v) is 6.90. The lowest BCUT2D eigenvalue weighted by atomic mass is 10.1. The van der Waals surface area contributed by atoms with Crippen molar-refractivity contribution in [1.29, 1.82) is 0 Å². The summed E-state index contributed by atoms with van der Waals surface area (Å²) in [6.07, 6.45) is 2.79. The number of carbonyl (C=O) groups excluding carboxylic acids is 1. The Bertz CT molecular complexity index is 732. The lowest BCUT2D eigenvalue weighted by Crippen LogP contribution is -2.46. The highest BCUT2D eigenvalue weighted by molar-refractivity contribution is 7.15. The van der Waals surface area contributed by atoms with Gasteiger partial charge in [0, 0.05) is 31.1 Å². The Morgan fingerprint density at radius 1 is 1.38 bits per heavy atom. The first kappa shape index (κ1) is 16.4. The molecule has 1 aromatic heterocycles. The van der Waals surface area contributed by atoms with Crippen LogP contribution in [0.3, 0.4) is 0 Å². The highest BCUT2D eigenvalue weighted by atomic mass is 32.1. The molecule has 0 bridgehead atoms. The second-order valence-electron chi connectivity index (χ2n) is 5.80. The fourth-order valence-electron chi connectivity index (χ4n) is 2.90. The van der Waals surface area contributed by atoms with Gasteiger partial charge in [0.15, 0.2) is 5.13 Å². The standard InChI is InChI=1S/C17H19N3O3S/c1-19(15(21)14-8-5-9-20(14)17(22)23)16-18-11-13(24-16)10-12-6-3-2-4-7-12/h2-4,6-7,11,14H,5,8-10H2,1H3,(H,22,23)/t14-/m0/s1. The minimum absolute atomic E-state index is 0.212. The molecule has 1 atom stereocenters. The van der Waals surface area contributed by atoms with Crippen molar-refractivity contribution in [1.82, 2.24) is 9.88 Å². The van der Waals surface area contributed by atoms with Crippen LogP contribution in [0.25, 0.3) is 0 Å². The summed E-state index contributed by atoms with van der Waals surface area (Å²) in [5, 5.41) is 9.80. The van der Waals surface area contributed by atoms with Crippen molar-refractivity contribution in [3.63, 3.8) is 0 Å². The Morgan fingerprint density at radius 3 is 2.83 bits per heavy atom. The van der Waals surface area contributed by atoms with E-state index in [2.05, 4.69) is 17.1 Å². The van der Waals surface area contributed by atoms with Gasteiger partial charge in [-0.25, -0.2) is 9.78 Å². The Labute approximate surface area is 144 Å². The fourth-order valence-corrected chi connectivity index (χ4v) is 3.81. The van der Waals surface area contributed by atoms with Gasteiger partial charge in [0.25, 0.3) is 5.91 Å². The van der Waals surface area contributed by atoms with Crippen LogP contribution in [0.15, 0.2) is 36.5 Å². The van der Waals surface area contributed by atoms with Crippen molar-refractivity contribution in [3.8, 4) is 0 Å². The van der Waals surface area contributed by atoms with Crippen molar-refractivity contribution in [2.45, 2.75) is 25.3 Å². The molecule has 2 heterocycles. The highest BCUT2D eigenvalue weighted by Gasteiger charge is 2.36. The topological polar surface area (TPSA) is 73.7 Å². The summed E-state index contributed by atoms with van der Waals surface area (Å²) < 4.78 is 0. The lowest BCUT2D eigenvalue weighted by Gasteiger charge is -2.24. The van der Waals surface area contributed by atoms with Gasteiger partial charge < -0.3 is 5.11 Å². The van der Waals surface area contributed by atoms with E-state index in [4.69, 9.17) is 0 Å². The van der Waals surface area contributed by atoms with Crippen molar-refractivity contribution in [3.05, 3.63) is 47.0 Å². The maximum absolute atomic E-state index is 12.6. The van der Waals surface area contributed by atoms with Crippen molar-refractivity contribution < 1.29 is 14.7 Å². The Balaban J connectivity index is 1.70. The number of rotatable bonds is 4. The molecular formula is C17H19N3O3S. The van der Waals surface area contributed by atoms with E-state index in [0.29, 0.717) is 24.5 Å². The molecule has 1 saturated heterocycles. The number of likely N-dealkylation sites (N-methyl/N-ethyl adjacent to an activating group) is 1. The van der Waals surface area contributed by atoms with Gasteiger partial charge in [-0.2, -0.15) is 0 Å². The Kier molecular flexibility index (Phi) is 4.80. The predicted octanol–water partition coefficient (Wildman–Crippen LogP) is 2.84. The second kappa shape index (κ2) is 7.00. The molecule has 1 N–H and O–H groups in total. The molecule has 0 aliphatic carbocycles. The van der Waals surface area contributed by atoms with Gasteiger partial charge in [-0.05, 0) is 18.4 Å². The molecule has 24 heavy (non-hydrogen) atoms. The van der Waals surface area contributed by atoms with E-state index in [1.807, 2.05) is 18.2 Å². The van der Waals surface area contributed by atoms with Crippen LogP contribution in [-0.2, 0) is 11.2 Å². The SMILES string of the molecule is CN(C(=O)[C@@H]1CCCN1C(=O)O)c1ncc(Cc2ccccc2)s1. The summed E-state index contributed by atoms with van der Waals surface area (Å²) in [4.78, 5) is 31.9. The zero-order valence-electron chi connectivity index (χ0n) is 13.4. The normalized spacial score (nSPS) is 17.0. The van der Waals surface area contributed by atoms with Gasteiger partial charge in [0.1, 0.15) is 6.04 Å². The number of hydrogen-bond acceptors (Lipinski definition) is 4. The third kappa shape index (κ3) is 3.41. The quantitative estimate of drug-likeness (QED) is 0.925. The summed E-state index contributed by atoms with van der Waals surface area (Å²) in [5.74, 6) is -0.212. The summed E-state index contributed by atoms with van der Waals surface area (Å²) in [6.45, 7) is 0.413. The average Bonchev–Trinajstić information content (AvgIpc) is 3.23. The smallest absolute Gasteiger partial charge is 0.407 e. The molecule has 6 nitrogen and oxygen atoms in total. The molecule has 0 spiro atoms.